The van der Waals surface area contributed by atoms with Gasteiger partial charge in [-0.15, -0.1) is 16.9 Å². The maximum atomic E-state index is 12.6. The Labute approximate surface area is 192 Å². The number of esters is 2. The molecule has 1 aromatic heterocycles. The van der Waals surface area contributed by atoms with Crippen LogP contribution in [0.5, 0.6) is 0 Å². The van der Waals surface area contributed by atoms with E-state index in [1.807, 2.05) is 19.1 Å². The van der Waals surface area contributed by atoms with Crippen LogP contribution in [0.4, 0.5) is 0 Å². The van der Waals surface area contributed by atoms with E-state index >= 15 is 0 Å². The third-order valence-corrected chi connectivity index (χ3v) is 6.05. The molecule has 0 N–H and O–H groups in total. The van der Waals surface area contributed by atoms with Crippen LogP contribution in [0.2, 0.25) is 0 Å². The highest BCUT2D eigenvalue weighted by Crippen LogP contribution is 2.33. The Balaban J connectivity index is 1.59. The highest BCUT2D eigenvalue weighted by Gasteiger charge is 2.30. The minimum absolute atomic E-state index is 0.310. The van der Waals surface area contributed by atoms with Crippen molar-refractivity contribution >= 4 is 23.7 Å². The van der Waals surface area contributed by atoms with Crippen molar-refractivity contribution in [2.24, 2.45) is 0 Å². The first-order valence-electron chi connectivity index (χ1n) is 10.2. The van der Waals surface area contributed by atoms with Gasteiger partial charge in [-0.3, -0.25) is 4.79 Å². The van der Waals surface area contributed by atoms with Gasteiger partial charge in [0.15, 0.2) is 0 Å². The molecule has 3 aromatic rings. The molecular formula is C24H27N3O4S. The molecule has 0 bridgehead atoms. The summed E-state index contributed by atoms with van der Waals surface area (Å²) in [5, 5.41) is 8.28. The van der Waals surface area contributed by atoms with Gasteiger partial charge in [0.25, 0.3) is 0 Å². The number of rotatable bonds is 8. The summed E-state index contributed by atoms with van der Waals surface area (Å²) in [5.41, 5.74) is 3.32. The molecule has 0 aliphatic heterocycles. The number of methoxy groups -OCH3 is 1. The quantitative estimate of drug-likeness (QED) is 0.364. The summed E-state index contributed by atoms with van der Waals surface area (Å²) in [6, 6.07) is 15.1. The molecule has 8 heteroatoms. The monoisotopic (exact) mass is 453 g/mol. The summed E-state index contributed by atoms with van der Waals surface area (Å²) in [5.74, 6) is -0.760. The van der Waals surface area contributed by atoms with Crippen LogP contribution in [-0.2, 0) is 20.8 Å². The third-order valence-electron chi connectivity index (χ3n) is 4.86. The van der Waals surface area contributed by atoms with E-state index in [9.17, 15) is 9.59 Å². The first-order chi connectivity index (χ1) is 15.2. The average molecular weight is 454 g/mol. The van der Waals surface area contributed by atoms with E-state index < -0.39 is 16.8 Å². The fourth-order valence-electron chi connectivity index (χ4n) is 2.99. The zero-order chi connectivity index (χ0) is 23.3. The van der Waals surface area contributed by atoms with Gasteiger partial charge in [-0.05, 0) is 57.5 Å². The molecule has 3 rings (SSSR count). The first-order valence-corrected chi connectivity index (χ1v) is 11.0. The van der Waals surface area contributed by atoms with Crippen molar-refractivity contribution in [3.63, 3.8) is 0 Å². The Hall–Kier alpha value is -3.13. The number of ether oxygens (including phenoxy) is 2. The number of aromatic nitrogens is 3. The number of carbonyl (C=O) groups excluding carboxylic acids is 2. The second-order valence-corrected chi connectivity index (χ2v) is 9.70. The second-order valence-electron chi connectivity index (χ2n) is 8.00. The van der Waals surface area contributed by atoms with Crippen molar-refractivity contribution in [3.05, 3.63) is 77.1 Å². The Bertz CT molecular complexity index is 1080. The summed E-state index contributed by atoms with van der Waals surface area (Å²) < 4.78 is 11.4. The van der Waals surface area contributed by atoms with Crippen LogP contribution in [0.3, 0.4) is 0 Å². The zero-order valence-corrected chi connectivity index (χ0v) is 19.7. The minimum atomic E-state index is -0.726. The molecule has 1 atom stereocenters. The molecule has 168 valence electrons. The van der Waals surface area contributed by atoms with E-state index in [0.717, 1.165) is 10.5 Å². The molecule has 32 heavy (non-hydrogen) atoms. The molecule has 0 amide bonds. The van der Waals surface area contributed by atoms with Gasteiger partial charge in [0.05, 0.1) is 25.4 Å². The first kappa shape index (κ1) is 23.5. The molecule has 0 aliphatic rings. The highest BCUT2D eigenvalue weighted by atomic mass is 32.2. The van der Waals surface area contributed by atoms with Crippen molar-refractivity contribution in [2.45, 2.75) is 50.0 Å². The van der Waals surface area contributed by atoms with E-state index in [0.29, 0.717) is 17.8 Å². The maximum Gasteiger partial charge on any atom is 0.338 e. The van der Waals surface area contributed by atoms with Crippen molar-refractivity contribution < 1.29 is 19.1 Å². The lowest BCUT2D eigenvalue weighted by molar-refractivity contribution is -0.142. The molecule has 0 saturated heterocycles. The lowest BCUT2D eigenvalue weighted by Crippen LogP contribution is -2.28. The van der Waals surface area contributed by atoms with Crippen LogP contribution in [0.1, 0.15) is 54.1 Å². The Kier molecular flexibility index (Phi) is 7.35. The normalized spacial score (nSPS) is 12.3. The van der Waals surface area contributed by atoms with Crippen molar-refractivity contribution in [1.29, 1.82) is 0 Å². The molecule has 0 fully saturated rings. The number of hydrogen-bond donors (Lipinski definition) is 0. The summed E-state index contributed by atoms with van der Waals surface area (Å²) >= 11 is 1.37. The Morgan fingerprint density at radius 2 is 1.75 bits per heavy atom. The van der Waals surface area contributed by atoms with E-state index in [2.05, 4.69) is 22.4 Å². The summed E-state index contributed by atoms with van der Waals surface area (Å²) in [6.07, 6.45) is 1.24. The summed E-state index contributed by atoms with van der Waals surface area (Å²) in [6.45, 7) is 7.98. The average Bonchev–Trinajstić information content (AvgIpc) is 3.23. The van der Waals surface area contributed by atoms with Crippen LogP contribution >= 0.6 is 11.8 Å². The van der Waals surface area contributed by atoms with Gasteiger partial charge in [0.2, 0.25) is 0 Å². The van der Waals surface area contributed by atoms with Gasteiger partial charge in [0.1, 0.15) is 16.5 Å². The van der Waals surface area contributed by atoms with Crippen LogP contribution < -0.4 is 0 Å². The van der Waals surface area contributed by atoms with Gasteiger partial charge < -0.3 is 9.47 Å². The van der Waals surface area contributed by atoms with E-state index in [-0.39, 0.29) is 5.97 Å². The van der Waals surface area contributed by atoms with Gasteiger partial charge in [-0.25, -0.2) is 9.48 Å². The van der Waals surface area contributed by atoms with Crippen molar-refractivity contribution in [2.75, 3.05) is 7.11 Å². The predicted octanol–water partition coefficient (Wildman–Crippen LogP) is 4.60. The smallest absolute Gasteiger partial charge is 0.338 e. The molecule has 1 unspecified atom stereocenters. The minimum Gasteiger partial charge on any atom is -0.468 e. The van der Waals surface area contributed by atoms with Crippen LogP contribution in [0.25, 0.3) is 0 Å². The number of benzene rings is 2. The Morgan fingerprint density at radius 1 is 1.09 bits per heavy atom. The fourth-order valence-corrected chi connectivity index (χ4v) is 4.02. The molecular weight excluding hydrogens is 426 g/mol. The molecule has 7 nitrogen and oxygen atoms in total. The van der Waals surface area contributed by atoms with Crippen molar-refractivity contribution in [1.82, 2.24) is 15.0 Å². The second kappa shape index (κ2) is 9.99. The van der Waals surface area contributed by atoms with Gasteiger partial charge in [-0.1, -0.05) is 35.0 Å². The molecule has 0 spiro atoms. The largest absolute Gasteiger partial charge is 0.468 e. The van der Waals surface area contributed by atoms with Crippen molar-refractivity contribution in [3.8, 4) is 0 Å². The summed E-state index contributed by atoms with van der Waals surface area (Å²) in [4.78, 5) is 25.3. The van der Waals surface area contributed by atoms with E-state index in [1.54, 1.807) is 55.9 Å². The number of carbonyl (C=O) groups is 2. The number of hydrogen-bond acceptors (Lipinski definition) is 7. The molecule has 1 heterocycles. The standard InChI is InChI=1S/C24H27N3O4S/c1-16-6-8-18(9-7-16)14-27-15-21(25-26-27)17(2)31-22(28)19-10-12-20(13-11-19)32-24(3,4)23(29)30-5/h6-13,15,17H,14H2,1-5H3. The molecule has 0 saturated carbocycles. The maximum absolute atomic E-state index is 12.6. The van der Waals surface area contributed by atoms with Crippen LogP contribution in [0, 0.1) is 6.92 Å². The predicted molar refractivity (Wildman–Crippen MR) is 123 cm³/mol. The summed E-state index contributed by atoms with van der Waals surface area (Å²) in [7, 11) is 1.37. The van der Waals surface area contributed by atoms with Gasteiger partial charge >= 0.3 is 11.9 Å². The molecule has 0 radical (unpaired) electrons. The third kappa shape index (κ3) is 5.97. The zero-order valence-electron chi connectivity index (χ0n) is 18.9. The van der Waals surface area contributed by atoms with E-state index in [1.165, 1.54) is 24.4 Å². The van der Waals surface area contributed by atoms with Crippen LogP contribution in [0.15, 0.2) is 59.6 Å². The number of aryl methyl sites for hydroxylation is 1. The fraction of sp³-hybridized carbons (Fsp3) is 0.333. The van der Waals surface area contributed by atoms with Gasteiger partial charge in [-0.2, -0.15) is 0 Å². The van der Waals surface area contributed by atoms with E-state index in [4.69, 9.17) is 9.47 Å². The lowest BCUT2D eigenvalue weighted by atomic mass is 10.1. The Morgan fingerprint density at radius 3 is 2.38 bits per heavy atom. The number of nitrogens with zero attached hydrogens (tertiary/aromatic N) is 3. The van der Waals surface area contributed by atoms with Gasteiger partial charge in [0, 0.05) is 4.90 Å². The molecule has 0 aliphatic carbocycles. The topological polar surface area (TPSA) is 83.3 Å². The highest BCUT2D eigenvalue weighted by molar-refractivity contribution is 8.01. The molecule has 2 aromatic carbocycles. The number of thioether (sulfide) groups is 1. The lowest BCUT2D eigenvalue weighted by Gasteiger charge is -2.20. The SMILES string of the molecule is COC(=O)C(C)(C)Sc1ccc(C(=O)OC(C)c2cn(Cc3ccc(C)cc3)nn2)cc1. The van der Waals surface area contributed by atoms with Crippen LogP contribution in [-0.4, -0.2) is 38.8 Å².